The van der Waals surface area contributed by atoms with Gasteiger partial charge in [0.05, 0.1) is 31.2 Å². The summed E-state index contributed by atoms with van der Waals surface area (Å²) in [7, 11) is 3.22. The minimum Gasteiger partial charge on any atom is -0.497 e. The molecule has 1 aliphatic heterocycles. The summed E-state index contributed by atoms with van der Waals surface area (Å²) in [5.41, 5.74) is 4.61. The van der Waals surface area contributed by atoms with Crippen LogP contribution in [-0.2, 0) is 4.79 Å². The largest absolute Gasteiger partial charge is 0.497 e. The minimum absolute atomic E-state index is 0.232. The molecule has 4 aromatic rings. The highest BCUT2D eigenvalue weighted by Crippen LogP contribution is 2.39. The Morgan fingerprint density at radius 3 is 2.42 bits per heavy atom. The van der Waals surface area contributed by atoms with Crippen molar-refractivity contribution >= 4 is 33.3 Å². The number of aromatic nitrogens is 2. The average molecular weight is 545 g/mol. The van der Waals surface area contributed by atoms with Crippen LogP contribution in [0.1, 0.15) is 18.5 Å². The Hall–Kier alpha value is -4.04. The summed E-state index contributed by atoms with van der Waals surface area (Å²) < 4.78 is 13.5. The number of benzene rings is 3. The summed E-state index contributed by atoms with van der Waals surface area (Å²) >= 11 is 3.51. The van der Waals surface area contributed by atoms with E-state index in [4.69, 9.17) is 14.6 Å². The van der Waals surface area contributed by atoms with Gasteiger partial charge in [-0.15, -0.1) is 0 Å². The number of allylic oxidation sites excluding steroid dienone is 1. The third kappa shape index (κ3) is 4.47. The van der Waals surface area contributed by atoms with E-state index < -0.39 is 6.04 Å². The fourth-order valence-corrected chi connectivity index (χ4v) is 4.62. The van der Waals surface area contributed by atoms with Gasteiger partial charge in [-0.25, -0.2) is 4.68 Å². The molecule has 0 unspecified atom stereocenters. The molecule has 2 heterocycles. The third-order valence-corrected chi connectivity index (χ3v) is 6.67. The first-order chi connectivity index (χ1) is 17.5. The molecule has 8 heteroatoms. The van der Waals surface area contributed by atoms with Gasteiger partial charge in [0.2, 0.25) is 0 Å². The fraction of sp³-hybridized carbons (Fsp3) is 0.143. The molecule has 2 N–H and O–H groups in total. The summed E-state index contributed by atoms with van der Waals surface area (Å²) in [4.78, 5) is 13.7. The average Bonchev–Trinajstić information content (AvgIpc) is 3.32. The molecule has 0 fully saturated rings. The van der Waals surface area contributed by atoms with Crippen molar-refractivity contribution in [1.82, 2.24) is 9.78 Å². The molecule has 36 heavy (non-hydrogen) atoms. The van der Waals surface area contributed by atoms with Crippen molar-refractivity contribution in [1.29, 1.82) is 0 Å². The number of para-hydroxylation sites is 2. The van der Waals surface area contributed by atoms with Crippen LogP contribution in [-0.4, -0.2) is 29.9 Å². The van der Waals surface area contributed by atoms with Crippen molar-refractivity contribution < 1.29 is 14.3 Å². The highest BCUT2D eigenvalue weighted by atomic mass is 79.9. The van der Waals surface area contributed by atoms with Crippen LogP contribution < -0.4 is 20.1 Å². The second-order valence-corrected chi connectivity index (χ2v) is 9.28. The van der Waals surface area contributed by atoms with E-state index in [1.807, 2.05) is 90.5 Å². The molecule has 182 valence electrons. The predicted octanol–water partition coefficient (Wildman–Crippen LogP) is 6.26. The number of amides is 1. The normalized spacial score (nSPS) is 14.6. The second kappa shape index (κ2) is 9.91. The van der Waals surface area contributed by atoms with Crippen LogP contribution in [0.25, 0.3) is 11.3 Å². The first-order valence-corrected chi connectivity index (χ1v) is 12.2. The monoisotopic (exact) mass is 544 g/mol. The van der Waals surface area contributed by atoms with Crippen LogP contribution in [0.15, 0.2) is 94.6 Å². The van der Waals surface area contributed by atoms with Gasteiger partial charge in [0.15, 0.2) is 0 Å². The molecule has 0 radical (unpaired) electrons. The number of carbonyl (C=O) groups is 1. The number of hydrogen-bond donors (Lipinski definition) is 2. The Kier molecular flexibility index (Phi) is 6.52. The summed E-state index contributed by atoms with van der Waals surface area (Å²) in [6.07, 6.45) is 0. The molecule has 0 spiro atoms. The molecular weight excluding hydrogens is 520 g/mol. The first kappa shape index (κ1) is 23.7. The topological polar surface area (TPSA) is 77.4 Å². The van der Waals surface area contributed by atoms with Crippen molar-refractivity contribution in [2.24, 2.45) is 0 Å². The molecule has 0 aliphatic carbocycles. The number of methoxy groups -OCH3 is 2. The Labute approximate surface area is 217 Å². The number of fused-ring (bicyclic) bond motifs is 1. The van der Waals surface area contributed by atoms with E-state index in [9.17, 15) is 4.79 Å². The summed E-state index contributed by atoms with van der Waals surface area (Å²) in [6.45, 7) is 1.91. The smallest absolute Gasteiger partial charge is 0.255 e. The molecule has 3 aromatic carbocycles. The van der Waals surface area contributed by atoms with Gasteiger partial charge < -0.3 is 20.1 Å². The lowest BCUT2D eigenvalue weighted by atomic mass is 9.95. The molecule has 7 nitrogen and oxygen atoms in total. The van der Waals surface area contributed by atoms with Crippen LogP contribution in [0.2, 0.25) is 0 Å². The van der Waals surface area contributed by atoms with Crippen LogP contribution in [0.5, 0.6) is 11.5 Å². The van der Waals surface area contributed by atoms with Crippen molar-refractivity contribution in [3.8, 4) is 22.8 Å². The maximum Gasteiger partial charge on any atom is 0.255 e. The molecule has 1 atom stereocenters. The van der Waals surface area contributed by atoms with Gasteiger partial charge in [-0.2, -0.15) is 5.10 Å². The lowest BCUT2D eigenvalue weighted by Crippen LogP contribution is -2.31. The second-order valence-electron chi connectivity index (χ2n) is 8.36. The van der Waals surface area contributed by atoms with Gasteiger partial charge in [-0.3, -0.25) is 4.79 Å². The van der Waals surface area contributed by atoms with E-state index in [0.29, 0.717) is 17.0 Å². The van der Waals surface area contributed by atoms with Crippen molar-refractivity contribution in [3.63, 3.8) is 0 Å². The quantitative estimate of drug-likeness (QED) is 0.299. The van der Waals surface area contributed by atoms with E-state index in [-0.39, 0.29) is 5.91 Å². The molecule has 1 aliphatic rings. The van der Waals surface area contributed by atoms with Crippen LogP contribution >= 0.6 is 15.9 Å². The van der Waals surface area contributed by atoms with Gasteiger partial charge in [-0.05, 0) is 61.0 Å². The lowest BCUT2D eigenvalue weighted by Gasteiger charge is -2.30. The number of halogens is 1. The maximum atomic E-state index is 13.7. The molecule has 1 aromatic heterocycles. The molecule has 5 rings (SSSR count). The zero-order chi connectivity index (χ0) is 25.2. The SMILES string of the molecule is COc1ccc(-c2cc3n(n2)[C@@H](c2ccc(Br)cc2)C(C(=O)Nc2ccccc2OC)=C(C)N3)cc1. The van der Waals surface area contributed by atoms with E-state index in [1.165, 1.54) is 0 Å². The fourth-order valence-electron chi connectivity index (χ4n) is 4.36. The Bertz CT molecular complexity index is 1440. The highest BCUT2D eigenvalue weighted by molar-refractivity contribution is 9.10. The van der Waals surface area contributed by atoms with Crippen molar-refractivity contribution in [2.45, 2.75) is 13.0 Å². The van der Waals surface area contributed by atoms with Gasteiger partial charge in [0.1, 0.15) is 23.4 Å². The third-order valence-electron chi connectivity index (χ3n) is 6.14. The number of carbonyl (C=O) groups excluding carboxylic acids is 1. The highest BCUT2D eigenvalue weighted by Gasteiger charge is 2.34. The molecule has 0 saturated carbocycles. The number of hydrogen-bond acceptors (Lipinski definition) is 5. The number of nitrogens with zero attached hydrogens (tertiary/aromatic N) is 2. The summed E-state index contributed by atoms with van der Waals surface area (Å²) in [5.74, 6) is 1.95. The zero-order valence-corrected chi connectivity index (χ0v) is 21.7. The number of nitrogens with one attached hydrogen (secondary N) is 2. The molecule has 1 amide bonds. The van der Waals surface area contributed by atoms with E-state index in [1.54, 1.807) is 14.2 Å². The molecular formula is C28H25BrN4O3. The Morgan fingerprint density at radius 1 is 1.00 bits per heavy atom. The standard InChI is InChI=1S/C28H25BrN4O3/c1-17-26(28(34)31-22-6-4-5-7-24(22)36-3)27(19-8-12-20(29)13-9-19)33-25(30-17)16-23(32-33)18-10-14-21(35-2)15-11-18/h4-16,27,30H,1-3H3,(H,31,34)/t27-/m0/s1. The lowest BCUT2D eigenvalue weighted by molar-refractivity contribution is -0.113. The number of rotatable bonds is 6. The van der Waals surface area contributed by atoms with Crippen LogP contribution in [0.4, 0.5) is 11.5 Å². The number of anilines is 2. The zero-order valence-electron chi connectivity index (χ0n) is 20.1. The van der Waals surface area contributed by atoms with Gasteiger partial charge in [-0.1, -0.05) is 40.2 Å². The van der Waals surface area contributed by atoms with Crippen LogP contribution in [0.3, 0.4) is 0 Å². The summed E-state index contributed by atoms with van der Waals surface area (Å²) in [5, 5.41) is 11.3. The summed E-state index contributed by atoms with van der Waals surface area (Å²) in [6, 6.07) is 24.6. The van der Waals surface area contributed by atoms with E-state index in [0.717, 1.165) is 38.6 Å². The number of ether oxygens (including phenoxy) is 2. The van der Waals surface area contributed by atoms with E-state index >= 15 is 0 Å². The maximum absolute atomic E-state index is 13.7. The molecule has 0 bridgehead atoms. The van der Waals surface area contributed by atoms with Crippen LogP contribution in [0, 0.1) is 0 Å². The van der Waals surface area contributed by atoms with E-state index in [2.05, 4.69) is 26.6 Å². The Morgan fingerprint density at radius 2 is 1.72 bits per heavy atom. The van der Waals surface area contributed by atoms with Crippen molar-refractivity contribution in [2.75, 3.05) is 24.9 Å². The van der Waals surface area contributed by atoms with Gasteiger partial charge in [0, 0.05) is 21.8 Å². The first-order valence-electron chi connectivity index (χ1n) is 11.4. The Balaban J connectivity index is 1.58. The van der Waals surface area contributed by atoms with Gasteiger partial charge in [0.25, 0.3) is 5.91 Å². The predicted molar refractivity (Wildman–Crippen MR) is 144 cm³/mol. The minimum atomic E-state index is -0.434. The van der Waals surface area contributed by atoms with Crippen molar-refractivity contribution in [3.05, 3.63) is 100 Å². The molecule has 0 saturated heterocycles. The van der Waals surface area contributed by atoms with Gasteiger partial charge >= 0.3 is 0 Å².